The number of hydrogen-bond acceptors (Lipinski definition) is 5. The first-order valence-corrected chi connectivity index (χ1v) is 7.48. The van der Waals surface area contributed by atoms with Crippen LogP contribution in [0.2, 0.25) is 0 Å². The van der Waals surface area contributed by atoms with E-state index >= 15 is 0 Å². The van der Waals surface area contributed by atoms with Crippen LogP contribution < -0.4 is 10.9 Å². The van der Waals surface area contributed by atoms with Gasteiger partial charge in [-0.25, -0.2) is 4.98 Å². The molecule has 0 radical (unpaired) electrons. The number of rotatable bonds is 4. The van der Waals surface area contributed by atoms with E-state index in [2.05, 4.69) is 15.3 Å². The first kappa shape index (κ1) is 14.3. The summed E-state index contributed by atoms with van der Waals surface area (Å²) in [5.74, 6) is 0.111. The monoisotopic (exact) mass is 315 g/mol. The molecule has 0 aliphatic carbocycles. The molecule has 3 rings (SSSR count). The molecule has 1 amide bonds. The lowest BCUT2D eigenvalue weighted by atomic mass is 10.2. The minimum absolute atomic E-state index is 0.0576. The Morgan fingerprint density at radius 3 is 2.91 bits per heavy atom. The maximum atomic E-state index is 12.1. The molecule has 0 spiro atoms. The number of carbonyl (C=O) groups is 1. The molecule has 0 atom stereocenters. The third kappa shape index (κ3) is 2.99. The van der Waals surface area contributed by atoms with Crippen molar-refractivity contribution >= 4 is 17.2 Å². The number of hydrogen-bond donors (Lipinski definition) is 2. The fourth-order valence-corrected chi connectivity index (χ4v) is 2.60. The molecule has 2 N–H and O–H groups in total. The third-order valence-electron chi connectivity index (χ3n) is 3.04. The van der Waals surface area contributed by atoms with E-state index in [1.807, 2.05) is 12.3 Å². The quantitative estimate of drug-likeness (QED) is 0.773. The lowest BCUT2D eigenvalue weighted by molar-refractivity contribution is 0.0949. The minimum atomic E-state index is -0.458. The van der Waals surface area contributed by atoms with Gasteiger partial charge in [0.15, 0.2) is 0 Å². The molecule has 7 heteroatoms. The predicted molar refractivity (Wildman–Crippen MR) is 82.8 cm³/mol. The Morgan fingerprint density at radius 1 is 1.41 bits per heavy atom. The number of nitrogens with zero attached hydrogens (tertiary/aromatic N) is 1. The Hall–Kier alpha value is -2.67. The van der Waals surface area contributed by atoms with Crippen molar-refractivity contribution in [2.45, 2.75) is 13.5 Å². The van der Waals surface area contributed by atoms with Gasteiger partial charge in [0.1, 0.15) is 11.3 Å². The maximum Gasteiger partial charge on any atom is 0.261 e. The topological polar surface area (TPSA) is 88.0 Å². The Labute approximate surface area is 129 Å². The number of aromatic nitrogens is 2. The molecule has 0 saturated heterocycles. The van der Waals surface area contributed by atoms with Gasteiger partial charge in [-0.15, -0.1) is 11.3 Å². The fourth-order valence-electron chi connectivity index (χ4n) is 1.98. The highest BCUT2D eigenvalue weighted by molar-refractivity contribution is 7.09. The summed E-state index contributed by atoms with van der Waals surface area (Å²) in [6.45, 7) is 2.19. The van der Waals surface area contributed by atoms with Crippen LogP contribution in [-0.2, 0) is 6.54 Å². The summed E-state index contributed by atoms with van der Waals surface area (Å²) >= 11 is 1.51. The number of carbonyl (C=O) groups excluding carboxylic acids is 1. The number of nitrogens with one attached hydrogen (secondary N) is 2. The van der Waals surface area contributed by atoms with Crippen LogP contribution in [0.25, 0.3) is 11.5 Å². The van der Waals surface area contributed by atoms with E-state index in [4.69, 9.17) is 4.42 Å². The highest BCUT2D eigenvalue weighted by atomic mass is 32.1. The van der Waals surface area contributed by atoms with Crippen molar-refractivity contribution in [3.8, 4) is 11.5 Å². The highest BCUT2D eigenvalue weighted by Gasteiger charge is 2.12. The highest BCUT2D eigenvalue weighted by Crippen LogP contribution is 2.15. The largest absolute Gasteiger partial charge is 0.463 e. The van der Waals surface area contributed by atoms with Crippen LogP contribution in [-0.4, -0.2) is 15.9 Å². The molecule has 0 bridgehead atoms. The zero-order valence-electron chi connectivity index (χ0n) is 11.8. The molecule has 0 saturated carbocycles. The molecule has 0 unspecified atom stereocenters. The number of aryl methyl sites for hydroxylation is 1. The van der Waals surface area contributed by atoms with Gasteiger partial charge < -0.3 is 14.7 Å². The van der Waals surface area contributed by atoms with Crippen molar-refractivity contribution in [3.05, 3.63) is 62.5 Å². The number of pyridine rings is 1. The Morgan fingerprint density at radius 2 is 2.27 bits per heavy atom. The molecule has 6 nitrogen and oxygen atoms in total. The minimum Gasteiger partial charge on any atom is -0.463 e. The summed E-state index contributed by atoms with van der Waals surface area (Å²) < 4.78 is 5.20. The van der Waals surface area contributed by atoms with Gasteiger partial charge in [0, 0.05) is 5.38 Å². The van der Waals surface area contributed by atoms with Gasteiger partial charge >= 0.3 is 0 Å². The molecule has 3 aromatic rings. The Bertz CT molecular complexity index is 849. The van der Waals surface area contributed by atoms with Crippen LogP contribution in [0, 0.1) is 6.92 Å². The number of furan rings is 1. The van der Waals surface area contributed by atoms with Crippen LogP contribution in [0.15, 0.2) is 45.1 Å². The Balaban J connectivity index is 1.74. The summed E-state index contributed by atoms with van der Waals surface area (Å²) in [5, 5.41) is 5.50. The van der Waals surface area contributed by atoms with E-state index in [1.165, 1.54) is 23.7 Å². The summed E-state index contributed by atoms with van der Waals surface area (Å²) in [5.41, 5.74) is 0.907. The van der Waals surface area contributed by atoms with Crippen LogP contribution in [0.4, 0.5) is 0 Å². The molecule has 112 valence electrons. The van der Waals surface area contributed by atoms with Gasteiger partial charge in [-0.1, -0.05) is 0 Å². The van der Waals surface area contributed by atoms with E-state index in [-0.39, 0.29) is 5.56 Å². The van der Waals surface area contributed by atoms with Gasteiger partial charge in [0.25, 0.3) is 11.5 Å². The average molecular weight is 315 g/mol. The molecular formula is C15H13N3O3S. The summed E-state index contributed by atoms with van der Waals surface area (Å²) in [7, 11) is 0. The second-order valence-electron chi connectivity index (χ2n) is 4.63. The number of aromatic amines is 1. The van der Waals surface area contributed by atoms with Crippen molar-refractivity contribution in [2.24, 2.45) is 0 Å². The maximum absolute atomic E-state index is 12.1. The molecule has 0 aromatic carbocycles. The fraction of sp³-hybridized carbons (Fsp3) is 0.133. The van der Waals surface area contributed by atoms with Gasteiger partial charge in [-0.3, -0.25) is 9.59 Å². The van der Waals surface area contributed by atoms with Crippen molar-refractivity contribution in [1.82, 2.24) is 15.3 Å². The van der Waals surface area contributed by atoms with Gasteiger partial charge in [0.2, 0.25) is 0 Å². The molecule has 3 heterocycles. The SMILES string of the molecule is Cc1nc(CNC(=O)c2ccc(-c3ccco3)[nH]c2=O)cs1. The van der Waals surface area contributed by atoms with Crippen molar-refractivity contribution in [1.29, 1.82) is 0 Å². The second kappa shape index (κ2) is 5.98. The molecule has 0 fully saturated rings. The van der Waals surface area contributed by atoms with Crippen LogP contribution in [0.5, 0.6) is 0 Å². The lowest BCUT2D eigenvalue weighted by Gasteiger charge is -2.04. The number of amides is 1. The lowest BCUT2D eigenvalue weighted by Crippen LogP contribution is -2.29. The van der Waals surface area contributed by atoms with E-state index in [0.29, 0.717) is 18.0 Å². The molecule has 22 heavy (non-hydrogen) atoms. The molecule has 0 aliphatic heterocycles. The van der Waals surface area contributed by atoms with E-state index in [0.717, 1.165) is 10.7 Å². The number of H-pyrrole nitrogens is 1. The van der Waals surface area contributed by atoms with Crippen molar-refractivity contribution in [3.63, 3.8) is 0 Å². The van der Waals surface area contributed by atoms with Crippen molar-refractivity contribution < 1.29 is 9.21 Å². The molecule has 3 aromatic heterocycles. The van der Waals surface area contributed by atoms with Gasteiger partial charge in [-0.05, 0) is 31.2 Å². The van der Waals surface area contributed by atoms with Crippen LogP contribution >= 0.6 is 11.3 Å². The van der Waals surface area contributed by atoms with Gasteiger partial charge in [-0.2, -0.15) is 0 Å². The number of thiazole rings is 1. The van der Waals surface area contributed by atoms with E-state index in [9.17, 15) is 9.59 Å². The summed E-state index contributed by atoms with van der Waals surface area (Å²) in [6.07, 6.45) is 1.52. The van der Waals surface area contributed by atoms with Gasteiger partial charge in [0.05, 0.1) is 29.2 Å². The van der Waals surface area contributed by atoms with Crippen molar-refractivity contribution in [2.75, 3.05) is 0 Å². The predicted octanol–water partition coefficient (Wildman–Crippen LogP) is 2.33. The standard InChI is InChI=1S/C15H13N3O3S/c1-9-17-10(8-22-9)7-16-14(19)11-4-5-12(18-15(11)20)13-3-2-6-21-13/h2-6,8H,7H2,1H3,(H,16,19)(H,18,20). The average Bonchev–Trinajstić information content (AvgIpc) is 3.16. The normalized spacial score (nSPS) is 10.6. The molecule has 0 aliphatic rings. The third-order valence-corrected chi connectivity index (χ3v) is 3.86. The Kier molecular flexibility index (Phi) is 3.88. The first-order valence-electron chi connectivity index (χ1n) is 6.60. The zero-order chi connectivity index (χ0) is 15.5. The second-order valence-corrected chi connectivity index (χ2v) is 5.69. The molecular weight excluding hydrogens is 302 g/mol. The van der Waals surface area contributed by atoms with E-state index in [1.54, 1.807) is 18.2 Å². The summed E-state index contributed by atoms with van der Waals surface area (Å²) in [6, 6.07) is 6.58. The van der Waals surface area contributed by atoms with Crippen LogP contribution in [0.3, 0.4) is 0 Å². The smallest absolute Gasteiger partial charge is 0.261 e. The zero-order valence-corrected chi connectivity index (χ0v) is 12.6. The summed E-state index contributed by atoms with van der Waals surface area (Å²) in [4.78, 5) is 31.0. The van der Waals surface area contributed by atoms with E-state index < -0.39 is 11.5 Å². The van der Waals surface area contributed by atoms with Crippen LogP contribution in [0.1, 0.15) is 21.1 Å². The first-order chi connectivity index (χ1) is 10.6.